The summed E-state index contributed by atoms with van der Waals surface area (Å²) < 4.78 is 5.48. The molecule has 1 aliphatic heterocycles. The van der Waals surface area contributed by atoms with Gasteiger partial charge >= 0.3 is 0 Å². The molecule has 2 aliphatic rings. The van der Waals surface area contributed by atoms with Crippen molar-refractivity contribution in [3.05, 3.63) is 29.8 Å². The summed E-state index contributed by atoms with van der Waals surface area (Å²) in [4.78, 5) is 14.4. The Morgan fingerprint density at radius 1 is 1.29 bits per heavy atom. The number of carbonyl (C=O) groups is 1. The SMILES string of the molecule is Cc1ccc(OCC(=O)NCC2CCN(C3CC3)C2)cc1. The van der Waals surface area contributed by atoms with Crippen LogP contribution in [0.15, 0.2) is 24.3 Å². The van der Waals surface area contributed by atoms with Gasteiger partial charge in [0.25, 0.3) is 5.91 Å². The van der Waals surface area contributed by atoms with E-state index in [0.29, 0.717) is 5.92 Å². The molecule has 1 atom stereocenters. The lowest BCUT2D eigenvalue weighted by Crippen LogP contribution is -2.34. The van der Waals surface area contributed by atoms with Crippen LogP contribution in [-0.4, -0.2) is 43.1 Å². The van der Waals surface area contributed by atoms with Crippen LogP contribution in [0.2, 0.25) is 0 Å². The molecule has 21 heavy (non-hydrogen) atoms. The van der Waals surface area contributed by atoms with Crippen molar-refractivity contribution in [1.29, 1.82) is 0 Å². The number of benzene rings is 1. The molecule has 1 aliphatic carbocycles. The third kappa shape index (κ3) is 4.21. The van der Waals surface area contributed by atoms with Crippen LogP contribution < -0.4 is 10.1 Å². The fourth-order valence-electron chi connectivity index (χ4n) is 2.89. The van der Waals surface area contributed by atoms with Gasteiger partial charge in [0.05, 0.1) is 0 Å². The first-order valence-electron chi connectivity index (χ1n) is 7.91. The number of nitrogens with zero attached hydrogens (tertiary/aromatic N) is 1. The maximum Gasteiger partial charge on any atom is 0.257 e. The van der Waals surface area contributed by atoms with Crippen LogP contribution in [0.3, 0.4) is 0 Å². The summed E-state index contributed by atoms with van der Waals surface area (Å²) in [5.41, 5.74) is 1.19. The third-order valence-electron chi connectivity index (χ3n) is 4.36. The zero-order chi connectivity index (χ0) is 14.7. The molecule has 1 aromatic rings. The summed E-state index contributed by atoms with van der Waals surface area (Å²) in [6.07, 6.45) is 3.93. The van der Waals surface area contributed by atoms with Gasteiger partial charge in [-0.3, -0.25) is 4.79 Å². The molecule has 1 heterocycles. The van der Waals surface area contributed by atoms with E-state index < -0.39 is 0 Å². The van der Waals surface area contributed by atoms with E-state index in [1.165, 1.54) is 31.4 Å². The van der Waals surface area contributed by atoms with Gasteiger partial charge in [0.1, 0.15) is 5.75 Å². The highest BCUT2D eigenvalue weighted by Gasteiger charge is 2.34. The number of amides is 1. The summed E-state index contributed by atoms with van der Waals surface area (Å²) in [5, 5.41) is 3.00. The predicted molar refractivity (Wildman–Crippen MR) is 82.4 cm³/mol. The van der Waals surface area contributed by atoms with Gasteiger partial charge in [-0.25, -0.2) is 0 Å². The quantitative estimate of drug-likeness (QED) is 0.870. The number of nitrogens with one attached hydrogen (secondary N) is 1. The Bertz CT molecular complexity index is 482. The molecular weight excluding hydrogens is 264 g/mol. The average molecular weight is 288 g/mol. The van der Waals surface area contributed by atoms with Crippen LogP contribution in [0.1, 0.15) is 24.8 Å². The van der Waals surface area contributed by atoms with Crippen LogP contribution in [0.4, 0.5) is 0 Å². The molecule has 1 amide bonds. The zero-order valence-corrected chi connectivity index (χ0v) is 12.7. The highest BCUT2D eigenvalue weighted by Crippen LogP contribution is 2.31. The maximum atomic E-state index is 11.8. The molecule has 1 saturated carbocycles. The second-order valence-corrected chi connectivity index (χ2v) is 6.29. The smallest absolute Gasteiger partial charge is 0.257 e. The monoisotopic (exact) mass is 288 g/mol. The van der Waals surface area contributed by atoms with E-state index in [9.17, 15) is 4.79 Å². The largest absolute Gasteiger partial charge is 0.484 e. The van der Waals surface area contributed by atoms with Crippen LogP contribution in [0.25, 0.3) is 0 Å². The molecular formula is C17H24N2O2. The van der Waals surface area contributed by atoms with E-state index in [-0.39, 0.29) is 12.5 Å². The molecule has 1 aromatic carbocycles. The minimum absolute atomic E-state index is 0.0274. The van der Waals surface area contributed by atoms with E-state index in [0.717, 1.165) is 24.9 Å². The molecule has 3 rings (SSSR count). The van der Waals surface area contributed by atoms with E-state index in [1.54, 1.807) is 0 Å². The first kappa shape index (κ1) is 14.4. The van der Waals surface area contributed by atoms with Crippen molar-refractivity contribution in [2.24, 2.45) is 5.92 Å². The van der Waals surface area contributed by atoms with Crippen molar-refractivity contribution >= 4 is 5.91 Å². The minimum atomic E-state index is -0.0274. The molecule has 4 nitrogen and oxygen atoms in total. The third-order valence-corrected chi connectivity index (χ3v) is 4.36. The second-order valence-electron chi connectivity index (χ2n) is 6.29. The molecule has 1 unspecified atom stereocenters. The van der Waals surface area contributed by atoms with Crippen LogP contribution in [0.5, 0.6) is 5.75 Å². The van der Waals surface area contributed by atoms with Crippen molar-refractivity contribution in [2.45, 2.75) is 32.2 Å². The van der Waals surface area contributed by atoms with E-state index in [4.69, 9.17) is 4.74 Å². The van der Waals surface area contributed by atoms with Gasteiger partial charge < -0.3 is 15.0 Å². The standard InChI is InChI=1S/C17H24N2O2/c1-13-2-6-16(7-3-13)21-12-17(20)18-10-14-8-9-19(11-14)15-4-5-15/h2-3,6-7,14-15H,4-5,8-12H2,1H3,(H,18,20). The number of carbonyl (C=O) groups excluding carboxylic acids is 1. The molecule has 2 fully saturated rings. The molecule has 0 aromatic heterocycles. The number of aryl methyl sites for hydroxylation is 1. The Morgan fingerprint density at radius 3 is 2.76 bits per heavy atom. The number of rotatable bonds is 6. The highest BCUT2D eigenvalue weighted by molar-refractivity contribution is 5.77. The van der Waals surface area contributed by atoms with Crippen molar-refractivity contribution in [3.8, 4) is 5.75 Å². The van der Waals surface area contributed by atoms with Crippen molar-refractivity contribution in [1.82, 2.24) is 10.2 Å². The van der Waals surface area contributed by atoms with Gasteiger partial charge in [-0.15, -0.1) is 0 Å². The topological polar surface area (TPSA) is 41.6 Å². The highest BCUT2D eigenvalue weighted by atomic mass is 16.5. The Balaban J connectivity index is 1.33. The number of likely N-dealkylation sites (tertiary alicyclic amines) is 1. The maximum absolute atomic E-state index is 11.8. The fourth-order valence-corrected chi connectivity index (χ4v) is 2.89. The van der Waals surface area contributed by atoms with Crippen molar-refractivity contribution in [3.63, 3.8) is 0 Å². The summed E-state index contributed by atoms with van der Waals surface area (Å²) in [6, 6.07) is 8.60. The normalized spacial score (nSPS) is 22.2. The van der Waals surface area contributed by atoms with E-state index in [2.05, 4.69) is 10.2 Å². The molecule has 1 saturated heterocycles. The lowest BCUT2D eigenvalue weighted by Gasteiger charge is -2.15. The summed E-state index contributed by atoms with van der Waals surface area (Å²) in [5.74, 6) is 1.32. The van der Waals surface area contributed by atoms with E-state index >= 15 is 0 Å². The van der Waals surface area contributed by atoms with Gasteiger partial charge in [0.15, 0.2) is 6.61 Å². The van der Waals surface area contributed by atoms with Crippen LogP contribution in [0, 0.1) is 12.8 Å². The summed E-state index contributed by atoms with van der Waals surface area (Å²) >= 11 is 0. The number of hydrogen-bond acceptors (Lipinski definition) is 3. The Hall–Kier alpha value is -1.55. The molecule has 4 heteroatoms. The van der Waals surface area contributed by atoms with Crippen molar-refractivity contribution < 1.29 is 9.53 Å². The second kappa shape index (κ2) is 6.48. The first-order chi connectivity index (χ1) is 10.2. The van der Waals surface area contributed by atoms with Gasteiger partial charge in [0, 0.05) is 19.1 Å². The van der Waals surface area contributed by atoms with Crippen LogP contribution >= 0.6 is 0 Å². The molecule has 0 bridgehead atoms. The molecule has 114 valence electrons. The van der Waals surface area contributed by atoms with Gasteiger partial charge in [-0.1, -0.05) is 17.7 Å². The predicted octanol–water partition coefficient (Wildman–Crippen LogP) is 1.97. The number of hydrogen-bond donors (Lipinski definition) is 1. The summed E-state index contributed by atoms with van der Waals surface area (Å²) in [6.45, 7) is 5.25. The Labute approximate surface area is 126 Å². The minimum Gasteiger partial charge on any atom is -0.484 e. The van der Waals surface area contributed by atoms with Gasteiger partial charge in [0.2, 0.25) is 0 Å². The lowest BCUT2D eigenvalue weighted by molar-refractivity contribution is -0.123. The van der Waals surface area contributed by atoms with Crippen LogP contribution in [-0.2, 0) is 4.79 Å². The van der Waals surface area contributed by atoms with Gasteiger partial charge in [-0.05, 0) is 50.8 Å². The fraction of sp³-hybridized carbons (Fsp3) is 0.588. The Morgan fingerprint density at radius 2 is 2.05 bits per heavy atom. The first-order valence-corrected chi connectivity index (χ1v) is 7.91. The van der Waals surface area contributed by atoms with Gasteiger partial charge in [-0.2, -0.15) is 0 Å². The zero-order valence-electron chi connectivity index (χ0n) is 12.7. The number of ether oxygens (including phenoxy) is 1. The lowest BCUT2D eigenvalue weighted by atomic mass is 10.1. The molecule has 1 N–H and O–H groups in total. The Kier molecular flexibility index (Phi) is 4.44. The average Bonchev–Trinajstić information content (AvgIpc) is 3.23. The van der Waals surface area contributed by atoms with E-state index in [1.807, 2.05) is 31.2 Å². The van der Waals surface area contributed by atoms with Crippen molar-refractivity contribution in [2.75, 3.05) is 26.2 Å². The summed E-state index contributed by atoms with van der Waals surface area (Å²) in [7, 11) is 0. The molecule has 0 spiro atoms. The molecule has 0 radical (unpaired) electrons.